The minimum absolute atomic E-state index is 0.158. The predicted octanol–water partition coefficient (Wildman–Crippen LogP) is 5.13. The van der Waals surface area contributed by atoms with Crippen molar-refractivity contribution >= 4 is 10.8 Å². The molecule has 0 saturated carbocycles. The minimum Gasteiger partial charge on any atom is -0.493 e. The molecule has 4 nitrogen and oxygen atoms in total. The Hall–Kier alpha value is -2.77. The summed E-state index contributed by atoms with van der Waals surface area (Å²) in [6, 6.07) is 18.2. The molecular formula is C24H25F3N2O2. The second kappa shape index (κ2) is 9.16. The van der Waals surface area contributed by atoms with Crippen molar-refractivity contribution in [2.45, 2.75) is 19.3 Å². The van der Waals surface area contributed by atoms with Gasteiger partial charge in [0.15, 0.2) is 0 Å². The molecule has 0 aromatic heterocycles. The molecule has 4 rings (SSSR count). The number of halogens is 3. The summed E-state index contributed by atoms with van der Waals surface area (Å²) in [6.07, 6.45) is -4.71. The number of fused-ring (bicyclic) bond motifs is 1. The highest BCUT2D eigenvalue weighted by atomic mass is 19.4. The topological polar surface area (TPSA) is 33.7 Å². The lowest BCUT2D eigenvalue weighted by Gasteiger charge is -2.37. The summed E-state index contributed by atoms with van der Waals surface area (Å²) in [7, 11) is 0. The van der Waals surface area contributed by atoms with Crippen LogP contribution in [0.1, 0.15) is 24.1 Å². The SMILES string of the molecule is CCOc1ccc2ccccc2c1[C@H](c1ccc(OC(F)(F)F)cc1)N1CCNCC1. The third-order valence-corrected chi connectivity index (χ3v) is 5.45. The van der Waals surface area contributed by atoms with Crippen LogP contribution in [0.2, 0.25) is 0 Å². The van der Waals surface area contributed by atoms with Crippen molar-refractivity contribution in [2.24, 2.45) is 0 Å². The molecule has 0 spiro atoms. The van der Waals surface area contributed by atoms with Crippen molar-refractivity contribution in [1.29, 1.82) is 0 Å². The number of nitrogens with zero attached hydrogens (tertiary/aromatic N) is 1. The van der Waals surface area contributed by atoms with E-state index in [-0.39, 0.29) is 11.8 Å². The largest absolute Gasteiger partial charge is 0.573 e. The average Bonchev–Trinajstić information content (AvgIpc) is 2.76. The van der Waals surface area contributed by atoms with Gasteiger partial charge in [0.25, 0.3) is 0 Å². The first-order chi connectivity index (χ1) is 15.0. The highest BCUT2D eigenvalue weighted by Crippen LogP contribution is 2.40. The van der Waals surface area contributed by atoms with E-state index in [4.69, 9.17) is 4.74 Å². The minimum atomic E-state index is -4.71. The Balaban J connectivity index is 1.84. The van der Waals surface area contributed by atoms with Crippen LogP contribution >= 0.6 is 0 Å². The second-order valence-corrected chi connectivity index (χ2v) is 7.44. The molecule has 1 atom stereocenters. The van der Waals surface area contributed by atoms with Gasteiger partial charge in [0.1, 0.15) is 11.5 Å². The summed E-state index contributed by atoms with van der Waals surface area (Å²) in [5.74, 6) is 0.568. The Kier molecular flexibility index (Phi) is 6.34. The Bertz CT molecular complexity index is 1020. The fraction of sp³-hybridized carbons (Fsp3) is 0.333. The molecule has 7 heteroatoms. The predicted molar refractivity (Wildman–Crippen MR) is 115 cm³/mol. The normalized spacial score (nSPS) is 16.3. The molecule has 1 aliphatic heterocycles. The van der Waals surface area contributed by atoms with Crippen LogP contribution in [0.4, 0.5) is 13.2 Å². The first-order valence-corrected chi connectivity index (χ1v) is 10.4. The number of hydrogen-bond acceptors (Lipinski definition) is 4. The van der Waals surface area contributed by atoms with Crippen molar-refractivity contribution < 1.29 is 22.6 Å². The Morgan fingerprint density at radius 1 is 0.968 bits per heavy atom. The summed E-state index contributed by atoms with van der Waals surface area (Å²) in [4.78, 5) is 2.35. The van der Waals surface area contributed by atoms with Crippen molar-refractivity contribution in [3.05, 3.63) is 71.8 Å². The standard InChI is InChI=1S/C24H25F3N2O2/c1-2-30-21-12-9-17-5-3-4-6-20(17)22(21)23(29-15-13-28-14-16-29)18-7-10-19(11-8-18)31-24(25,26)27/h3-12,23,28H,2,13-16H2,1H3/t23-/m0/s1. The zero-order valence-corrected chi connectivity index (χ0v) is 17.3. The second-order valence-electron chi connectivity index (χ2n) is 7.44. The van der Waals surface area contributed by atoms with Crippen LogP contribution in [-0.2, 0) is 0 Å². The lowest BCUT2D eigenvalue weighted by Crippen LogP contribution is -2.45. The monoisotopic (exact) mass is 430 g/mol. The van der Waals surface area contributed by atoms with Gasteiger partial charge in [0, 0.05) is 31.7 Å². The molecule has 1 fully saturated rings. The van der Waals surface area contributed by atoms with E-state index in [9.17, 15) is 13.2 Å². The van der Waals surface area contributed by atoms with E-state index in [2.05, 4.69) is 27.1 Å². The maximum Gasteiger partial charge on any atom is 0.573 e. The van der Waals surface area contributed by atoms with Crippen LogP contribution in [-0.4, -0.2) is 44.0 Å². The summed E-state index contributed by atoms with van der Waals surface area (Å²) >= 11 is 0. The number of ether oxygens (including phenoxy) is 2. The van der Waals surface area contributed by atoms with Gasteiger partial charge < -0.3 is 14.8 Å². The number of rotatable bonds is 6. The van der Waals surface area contributed by atoms with Gasteiger partial charge in [-0.3, -0.25) is 4.90 Å². The zero-order chi connectivity index (χ0) is 21.8. The molecule has 0 radical (unpaired) electrons. The van der Waals surface area contributed by atoms with Gasteiger partial charge in [-0.25, -0.2) is 0 Å². The molecule has 3 aromatic rings. The van der Waals surface area contributed by atoms with Crippen LogP contribution in [0.25, 0.3) is 10.8 Å². The Labute approximate surface area is 179 Å². The molecule has 0 bridgehead atoms. The summed E-state index contributed by atoms with van der Waals surface area (Å²) < 4.78 is 47.9. The number of nitrogens with one attached hydrogen (secondary N) is 1. The van der Waals surface area contributed by atoms with Gasteiger partial charge in [-0.15, -0.1) is 13.2 Å². The van der Waals surface area contributed by atoms with E-state index in [1.165, 1.54) is 12.1 Å². The molecule has 3 aromatic carbocycles. The zero-order valence-electron chi connectivity index (χ0n) is 17.3. The third kappa shape index (κ3) is 4.94. The van der Waals surface area contributed by atoms with Gasteiger partial charge >= 0.3 is 6.36 Å². The quantitative estimate of drug-likeness (QED) is 0.588. The smallest absolute Gasteiger partial charge is 0.493 e. The van der Waals surface area contributed by atoms with E-state index in [0.29, 0.717) is 6.61 Å². The van der Waals surface area contributed by atoms with Crippen LogP contribution in [0.5, 0.6) is 11.5 Å². The summed E-state index contributed by atoms with van der Waals surface area (Å²) in [5.41, 5.74) is 1.93. The van der Waals surface area contributed by atoms with Crippen LogP contribution < -0.4 is 14.8 Å². The number of benzene rings is 3. The first-order valence-electron chi connectivity index (χ1n) is 10.4. The Morgan fingerprint density at radius 2 is 1.68 bits per heavy atom. The highest BCUT2D eigenvalue weighted by molar-refractivity contribution is 5.88. The van der Waals surface area contributed by atoms with Crippen molar-refractivity contribution in [3.63, 3.8) is 0 Å². The van der Waals surface area contributed by atoms with E-state index in [0.717, 1.165) is 53.8 Å². The lowest BCUT2D eigenvalue weighted by atomic mass is 9.91. The van der Waals surface area contributed by atoms with Crippen LogP contribution in [0.15, 0.2) is 60.7 Å². The van der Waals surface area contributed by atoms with E-state index >= 15 is 0 Å². The summed E-state index contributed by atoms with van der Waals surface area (Å²) in [5, 5.41) is 5.54. The average molecular weight is 430 g/mol. The highest BCUT2D eigenvalue weighted by Gasteiger charge is 2.32. The molecule has 1 heterocycles. The maximum absolute atomic E-state index is 12.6. The molecule has 0 amide bonds. The van der Waals surface area contributed by atoms with E-state index in [1.54, 1.807) is 12.1 Å². The van der Waals surface area contributed by atoms with E-state index < -0.39 is 6.36 Å². The maximum atomic E-state index is 12.6. The molecule has 1 saturated heterocycles. The van der Waals surface area contributed by atoms with Crippen molar-refractivity contribution in [3.8, 4) is 11.5 Å². The number of piperazine rings is 1. The molecule has 0 unspecified atom stereocenters. The fourth-order valence-electron chi connectivity index (χ4n) is 4.19. The summed E-state index contributed by atoms with van der Waals surface area (Å²) in [6.45, 7) is 5.81. The fourth-order valence-corrected chi connectivity index (χ4v) is 4.19. The molecular weight excluding hydrogens is 405 g/mol. The van der Waals surface area contributed by atoms with Gasteiger partial charge in [-0.05, 0) is 41.5 Å². The molecule has 0 aliphatic carbocycles. The lowest BCUT2D eigenvalue weighted by molar-refractivity contribution is -0.274. The van der Waals surface area contributed by atoms with Gasteiger partial charge in [-0.1, -0.05) is 42.5 Å². The number of hydrogen-bond donors (Lipinski definition) is 1. The molecule has 164 valence electrons. The van der Waals surface area contributed by atoms with Gasteiger partial charge in [0.05, 0.1) is 12.6 Å². The van der Waals surface area contributed by atoms with Gasteiger partial charge in [-0.2, -0.15) is 0 Å². The third-order valence-electron chi connectivity index (χ3n) is 5.45. The van der Waals surface area contributed by atoms with Crippen LogP contribution in [0, 0.1) is 0 Å². The van der Waals surface area contributed by atoms with Crippen LogP contribution in [0.3, 0.4) is 0 Å². The van der Waals surface area contributed by atoms with E-state index in [1.807, 2.05) is 31.2 Å². The Morgan fingerprint density at radius 3 is 2.35 bits per heavy atom. The van der Waals surface area contributed by atoms with Gasteiger partial charge in [0.2, 0.25) is 0 Å². The molecule has 1 N–H and O–H groups in total. The van der Waals surface area contributed by atoms with Crippen molar-refractivity contribution in [1.82, 2.24) is 10.2 Å². The number of alkyl halides is 3. The molecule has 1 aliphatic rings. The first kappa shape index (κ1) is 21.5. The molecule has 31 heavy (non-hydrogen) atoms. The van der Waals surface area contributed by atoms with Crippen molar-refractivity contribution in [2.75, 3.05) is 32.8 Å².